The van der Waals surface area contributed by atoms with E-state index in [9.17, 15) is 13.2 Å². The first-order chi connectivity index (χ1) is 10.8. The summed E-state index contributed by atoms with van der Waals surface area (Å²) < 4.78 is 43.2. The molecule has 0 saturated heterocycles. The maximum absolute atomic E-state index is 12.7. The topological polar surface area (TPSA) is 35.0 Å². The van der Waals surface area contributed by atoms with Crippen LogP contribution in [0.1, 0.15) is 11.3 Å². The molecule has 0 saturated carbocycles. The van der Waals surface area contributed by atoms with Crippen LogP contribution in [-0.2, 0) is 6.18 Å². The fourth-order valence-electron chi connectivity index (χ4n) is 2.20. The van der Waals surface area contributed by atoms with Crippen molar-refractivity contribution in [2.45, 2.75) is 13.1 Å². The molecule has 8 heteroatoms. The number of rotatable bonds is 2. The second kappa shape index (κ2) is 5.65. The molecular weight excluding hydrogens is 349 g/mol. The summed E-state index contributed by atoms with van der Waals surface area (Å²) in [5.41, 5.74) is 0.752. The molecule has 1 aromatic carbocycles. The highest BCUT2D eigenvalue weighted by Crippen LogP contribution is 2.37. The molecular formula is C15H10ClF3N2OS. The fourth-order valence-corrected chi connectivity index (χ4v) is 3.27. The maximum Gasteiger partial charge on any atom is 0.434 e. The summed E-state index contributed by atoms with van der Waals surface area (Å²) in [5, 5.41) is 2.31. The predicted octanol–water partition coefficient (Wildman–Crippen LogP) is 5.35. The van der Waals surface area contributed by atoms with Crippen molar-refractivity contribution in [3.63, 3.8) is 0 Å². The third-order valence-corrected chi connectivity index (χ3v) is 4.55. The Morgan fingerprint density at radius 1 is 1.22 bits per heavy atom. The van der Waals surface area contributed by atoms with Crippen LogP contribution in [-0.4, -0.2) is 17.1 Å². The molecule has 0 aliphatic rings. The summed E-state index contributed by atoms with van der Waals surface area (Å²) in [6.45, 7) is 1.84. The summed E-state index contributed by atoms with van der Waals surface area (Å²) in [6, 6.07) is 5.24. The van der Waals surface area contributed by atoms with Crippen LogP contribution in [0.25, 0.3) is 21.6 Å². The number of nitrogens with zero attached hydrogens (tertiary/aromatic N) is 2. The van der Waals surface area contributed by atoms with Crippen molar-refractivity contribution in [1.29, 1.82) is 0 Å². The molecule has 0 radical (unpaired) electrons. The Kier molecular flexibility index (Phi) is 3.93. The van der Waals surface area contributed by atoms with Crippen LogP contribution >= 0.6 is 22.9 Å². The van der Waals surface area contributed by atoms with Crippen LogP contribution in [0.5, 0.6) is 5.75 Å². The molecule has 0 aliphatic carbocycles. The number of ether oxygens (including phenoxy) is 1. The third-order valence-electron chi connectivity index (χ3n) is 3.32. The van der Waals surface area contributed by atoms with Gasteiger partial charge in [-0.25, -0.2) is 9.97 Å². The lowest BCUT2D eigenvalue weighted by Gasteiger charge is -2.09. The minimum atomic E-state index is -4.47. The molecule has 0 fully saturated rings. The highest BCUT2D eigenvalue weighted by Gasteiger charge is 2.34. The van der Waals surface area contributed by atoms with Crippen molar-refractivity contribution in [3.8, 4) is 16.5 Å². The molecule has 3 aromatic rings. The second-order valence-electron chi connectivity index (χ2n) is 4.84. The van der Waals surface area contributed by atoms with Crippen LogP contribution in [0.2, 0.25) is 5.02 Å². The second-order valence-corrected chi connectivity index (χ2v) is 6.07. The van der Waals surface area contributed by atoms with E-state index in [1.54, 1.807) is 12.1 Å². The number of benzene rings is 1. The molecule has 0 atom stereocenters. The summed E-state index contributed by atoms with van der Waals surface area (Å²) in [6.07, 6.45) is -4.47. The van der Waals surface area contributed by atoms with E-state index in [1.165, 1.54) is 7.11 Å². The maximum atomic E-state index is 12.7. The van der Waals surface area contributed by atoms with Crippen molar-refractivity contribution in [3.05, 3.63) is 39.9 Å². The number of fused-ring (bicyclic) bond motifs is 1. The third kappa shape index (κ3) is 2.86. The van der Waals surface area contributed by atoms with Gasteiger partial charge >= 0.3 is 6.18 Å². The molecule has 0 spiro atoms. The van der Waals surface area contributed by atoms with E-state index < -0.39 is 11.9 Å². The van der Waals surface area contributed by atoms with E-state index in [1.807, 2.05) is 13.0 Å². The fraction of sp³-hybridized carbons (Fsp3) is 0.200. The van der Waals surface area contributed by atoms with E-state index in [4.69, 9.17) is 16.3 Å². The lowest BCUT2D eigenvalue weighted by molar-refractivity contribution is -0.140. The summed E-state index contributed by atoms with van der Waals surface area (Å²) in [7, 11) is 1.49. The molecule has 23 heavy (non-hydrogen) atoms. The number of alkyl halides is 3. The first-order valence-electron chi connectivity index (χ1n) is 6.48. The zero-order chi connectivity index (χ0) is 16.8. The molecule has 0 aliphatic heterocycles. The minimum Gasteiger partial charge on any atom is -0.495 e. The van der Waals surface area contributed by atoms with Gasteiger partial charge in [-0.2, -0.15) is 13.2 Å². The molecule has 0 amide bonds. The van der Waals surface area contributed by atoms with Crippen molar-refractivity contribution >= 4 is 33.8 Å². The molecule has 0 N–H and O–H groups in total. The number of methoxy groups -OCH3 is 1. The number of halogens is 4. The van der Waals surface area contributed by atoms with Gasteiger partial charge in [0.15, 0.2) is 5.69 Å². The molecule has 3 rings (SSSR count). The number of aryl methyl sites for hydroxylation is 1. The van der Waals surface area contributed by atoms with Crippen molar-refractivity contribution < 1.29 is 17.9 Å². The smallest absolute Gasteiger partial charge is 0.434 e. The quantitative estimate of drug-likeness (QED) is 0.619. The highest BCUT2D eigenvalue weighted by atomic mass is 35.5. The van der Waals surface area contributed by atoms with Crippen LogP contribution in [0.3, 0.4) is 0 Å². The van der Waals surface area contributed by atoms with Crippen molar-refractivity contribution in [1.82, 2.24) is 9.97 Å². The Morgan fingerprint density at radius 2 is 1.96 bits per heavy atom. The molecule has 2 heterocycles. The molecule has 120 valence electrons. The zero-order valence-corrected chi connectivity index (χ0v) is 13.6. The Bertz CT molecular complexity index is 892. The summed E-state index contributed by atoms with van der Waals surface area (Å²) in [4.78, 5) is 8.01. The van der Waals surface area contributed by atoms with Gasteiger partial charge in [-0.05, 0) is 30.7 Å². The number of pyridine rings is 1. The van der Waals surface area contributed by atoms with Gasteiger partial charge in [0.2, 0.25) is 0 Å². The van der Waals surface area contributed by atoms with E-state index in [2.05, 4.69) is 9.97 Å². The van der Waals surface area contributed by atoms with Gasteiger partial charge in [-0.3, -0.25) is 0 Å². The Morgan fingerprint density at radius 3 is 2.57 bits per heavy atom. The van der Waals surface area contributed by atoms with E-state index in [0.717, 1.165) is 27.7 Å². The van der Waals surface area contributed by atoms with E-state index >= 15 is 0 Å². The summed E-state index contributed by atoms with van der Waals surface area (Å²) >= 11 is 7.16. The zero-order valence-electron chi connectivity index (χ0n) is 12.0. The molecule has 0 unspecified atom stereocenters. The number of aromatic nitrogens is 2. The first kappa shape index (κ1) is 16.0. The SMILES string of the molecule is COc1ccc2c(C)cc(-c3nc(C(F)(F)F)cs3)nc2c1Cl. The number of hydrogen-bond acceptors (Lipinski definition) is 4. The molecule has 0 bridgehead atoms. The normalized spacial score (nSPS) is 11.9. The number of thiazole rings is 1. The van der Waals surface area contributed by atoms with Gasteiger partial charge in [0.25, 0.3) is 0 Å². The van der Waals surface area contributed by atoms with Gasteiger partial charge in [0.1, 0.15) is 15.8 Å². The Hall–Kier alpha value is -1.86. The van der Waals surface area contributed by atoms with Gasteiger partial charge in [-0.15, -0.1) is 11.3 Å². The average molecular weight is 359 g/mol. The monoisotopic (exact) mass is 358 g/mol. The minimum absolute atomic E-state index is 0.196. The van der Waals surface area contributed by atoms with Crippen molar-refractivity contribution in [2.24, 2.45) is 0 Å². The van der Waals surface area contributed by atoms with E-state index in [0.29, 0.717) is 22.0 Å². The lowest BCUT2D eigenvalue weighted by Crippen LogP contribution is -2.05. The Balaban J connectivity index is 2.19. The van der Waals surface area contributed by atoms with Gasteiger partial charge < -0.3 is 4.74 Å². The van der Waals surface area contributed by atoms with Crippen LogP contribution in [0.15, 0.2) is 23.6 Å². The first-order valence-corrected chi connectivity index (χ1v) is 7.74. The summed E-state index contributed by atoms with van der Waals surface area (Å²) in [5.74, 6) is 0.457. The predicted molar refractivity (Wildman–Crippen MR) is 84.2 cm³/mol. The molecule has 2 aromatic heterocycles. The number of hydrogen-bond donors (Lipinski definition) is 0. The standard InChI is InChI=1S/C15H10ClF3N2OS/c1-7-5-9(14-21-11(6-23-14)15(17,18)19)20-13-8(7)3-4-10(22-2)12(13)16/h3-6H,1-2H3. The van der Waals surface area contributed by atoms with Gasteiger partial charge in [-0.1, -0.05) is 11.6 Å². The van der Waals surface area contributed by atoms with Crippen LogP contribution in [0.4, 0.5) is 13.2 Å². The van der Waals surface area contributed by atoms with Gasteiger partial charge in [0.05, 0.1) is 18.3 Å². The largest absolute Gasteiger partial charge is 0.495 e. The van der Waals surface area contributed by atoms with Crippen molar-refractivity contribution in [2.75, 3.05) is 7.11 Å². The lowest BCUT2D eigenvalue weighted by atomic mass is 10.1. The molecule has 3 nitrogen and oxygen atoms in total. The highest BCUT2D eigenvalue weighted by molar-refractivity contribution is 7.13. The van der Waals surface area contributed by atoms with E-state index in [-0.39, 0.29) is 5.01 Å². The van der Waals surface area contributed by atoms with Crippen LogP contribution in [0, 0.1) is 6.92 Å². The van der Waals surface area contributed by atoms with Crippen LogP contribution < -0.4 is 4.74 Å². The van der Waals surface area contributed by atoms with Gasteiger partial charge in [0, 0.05) is 10.8 Å². The Labute approximate surface area is 138 Å². The average Bonchev–Trinajstić information content (AvgIpc) is 2.98.